The lowest BCUT2D eigenvalue weighted by Crippen LogP contribution is -2.50. The Morgan fingerprint density at radius 1 is 1.29 bits per heavy atom. The van der Waals surface area contributed by atoms with Gasteiger partial charge < -0.3 is 15.4 Å². The van der Waals surface area contributed by atoms with Crippen LogP contribution in [0.25, 0.3) is 0 Å². The van der Waals surface area contributed by atoms with Gasteiger partial charge in [-0.25, -0.2) is 4.39 Å². The molecule has 8 nitrogen and oxygen atoms in total. The second-order valence-corrected chi connectivity index (χ2v) is 8.63. The molecule has 3 rings (SSSR count). The van der Waals surface area contributed by atoms with E-state index >= 15 is 0 Å². The number of nitrogens with two attached hydrogens (primary N) is 1. The third-order valence-electron chi connectivity index (χ3n) is 5.61. The topological polar surface area (TPSA) is 126 Å². The molecule has 2 atom stereocenters. The van der Waals surface area contributed by atoms with E-state index in [1.54, 1.807) is 0 Å². The van der Waals surface area contributed by atoms with Gasteiger partial charge in [-0.1, -0.05) is 23.2 Å². The van der Waals surface area contributed by atoms with Crippen molar-refractivity contribution in [2.24, 2.45) is 16.6 Å². The van der Waals surface area contributed by atoms with Gasteiger partial charge in [0.05, 0.1) is 23.3 Å². The first-order chi connectivity index (χ1) is 14.7. The van der Waals surface area contributed by atoms with Crippen molar-refractivity contribution in [3.63, 3.8) is 0 Å². The summed E-state index contributed by atoms with van der Waals surface area (Å²) in [6.07, 6.45) is 0.859. The zero-order valence-electron chi connectivity index (χ0n) is 17.2. The summed E-state index contributed by atoms with van der Waals surface area (Å²) >= 11 is 12.3. The summed E-state index contributed by atoms with van der Waals surface area (Å²) in [6.45, 7) is 2.76. The van der Waals surface area contributed by atoms with Gasteiger partial charge in [-0.05, 0) is 32.1 Å². The maximum Gasteiger partial charge on any atom is 0.234 e. The summed E-state index contributed by atoms with van der Waals surface area (Å²) < 4.78 is 19.3. The van der Waals surface area contributed by atoms with Crippen LogP contribution < -0.4 is 5.73 Å². The van der Waals surface area contributed by atoms with Gasteiger partial charge in [0.25, 0.3) is 0 Å². The van der Waals surface area contributed by atoms with Crippen LogP contribution >= 0.6 is 23.2 Å². The third kappa shape index (κ3) is 5.60. The minimum absolute atomic E-state index is 0.000404. The first-order valence-corrected chi connectivity index (χ1v) is 10.7. The van der Waals surface area contributed by atoms with Gasteiger partial charge in [-0.3, -0.25) is 26.1 Å². The van der Waals surface area contributed by atoms with Gasteiger partial charge in [0.1, 0.15) is 11.7 Å². The quantitative estimate of drug-likeness (QED) is 0.290. The van der Waals surface area contributed by atoms with Gasteiger partial charge in [0.15, 0.2) is 5.90 Å². The van der Waals surface area contributed by atoms with E-state index in [0.29, 0.717) is 36.1 Å². The molecule has 1 aromatic carbocycles. The van der Waals surface area contributed by atoms with Crippen LogP contribution in [0.3, 0.4) is 0 Å². The zero-order chi connectivity index (χ0) is 22.7. The summed E-state index contributed by atoms with van der Waals surface area (Å²) in [4.78, 5) is 8.27. The second kappa shape index (κ2) is 10.0. The van der Waals surface area contributed by atoms with Crippen molar-refractivity contribution in [3.05, 3.63) is 33.6 Å². The minimum Gasteiger partial charge on any atom is -0.424 e. The molecule has 0 aliphatic carbocycles. The first-order valence-electron chi connectivity index (χ1n) is 9.94. The first kappa shape index (κ1) is 23.6. The monoisotopic (exact) mass is 469 g/mol. The molecular formula is C20H26Cl2FN7O. The van der Waals surface area contributed by atoms with Gasteiger partial charge >= 0.3 is 0 Å². The highest BCUT2D eigenvalue weighted by Gasteiger charge is 2.31. The summed E-state index contributed by atoms with van der Waals surface area (Å²) in [5, 5.41) is 24.8. The van der Waals surface area contributed by atoms with E-state index < -0.39 is 11.9 Å². The molecular weight excluding hydrogens is 444 g/mol. The summed E-state index contributed by atoms with van der Waals surface area (Å²) in [5.74, 6) is -0.692. The van der Waals surface area contributed by atoms with E-state index in [4.69, 9.17) is 49.9 Å². The van der Waals surface area contributed by atoms with Crippen molar-refractivity contribution < 1.29 is 9.13 Å². The van der Waals surface area contributed by atoms with Crippen LogP contribution in [0.2, 0.25) is 10.0 Å². The predicted octanol–water partition coefficient (Wildman–Crippen LogP) is 3.01. The fourth-order valence-corrected chi connectivity index (χ4v) is 4.28. The number of ether oxygens (including phenoxy) is 1. The maximum atomic E-state index is 13.9. The molecule has 0 bridgehead atoms. The molecule has 1 saturated heterocycles. The molecule has 2 unspecified atom stereocenters. The van der Waals surface area contributed by atoms with Crippen molar-refractivity contribution in [2.45, 2.75) is 25.4 Å². The fraction of sp³-hybridized carbons (Fsp3) is 0.500. The normalized spacial score (nSPS) is 22.3. The van der Waals surface area contributed by atoms with E-state index in [-0.39, 0.29) is 41.4 Å². The third-order valence-corrected chi connectivity index (χ3v) is 6.37. The standard InChI is InChI=1S/C20H26Cl2FN7O/c1-29-6-4-11(9-29)19(26)31-20(27)15(24)8-16-18(25)28-5-7-30(16)10-12-13(21)2-3-14(23)17(12)22/h2-3,11,16,24,26-27H,4-10H2,1H3,(H2,25,28). The second-order valence-electron chi connectivity index (χ2n) is 7.84. The van der Waals surface area contributed by atoms with Crippen molar-refractivity contribution in [1.82, 2.24) is 9.80 Å². The van der Waals surface area contributed by atoms with Crippen LogP contribution in [0.5, 0.6) is 0 Å². The molecule has 31 heavy (non-hydrogen) atoms. The predicted molar refractivity (Wildman–Crippen MR) is 122 cm³/mol. The number of nitrogens with zero attached hydrogens (tertiary/aromatic N) is 3. The Bertz CT molecular complexity index is 923. The lowest BCUT2D eigenvalue weighted by Gasteiger charge is -2.34. The summed E-state index contributed by atoms with van der Waals surface area (Å²) in [5.41, 5.74) is 6.45. The molecule has 2 aliphatic heterocycles. The summed E-state index contributed by atoms with van der Waals surface area (Å²) in [6, 6.07) is 2.17. The van der Waals surface area contributed by atoms with Crippen molar-refractivity contribution >= 4 is 46.5 Å². The van der Waals surface area contributed by atoms with Crippen molar-refractivity contribution in [3.8, 4) is 0 Å². The number of amidine groups is 1. The average Bonchev–Trinajstić information content (AvgIpc) is 3.16. The Balaban J connectivity index is 1.67. The number of rotatable bonds is 6. The Morgan fingerprint density at radius 3 is 2.71 bits per heavy atom. The smallest absolute Gasteiger partial charge is 0.234 e. The number of aliphatic imine (C=N–C) groups is 1. The highest BCUT2D eigenvalue weighted by atomic mass is 35.5. The largest absolute Gasteiger partial charge is 0.424 e. The SMILES string of the molecule is CN1CCC(C(=N)OC(=N)C(=N)CC2C(N)=NCCN2Cc2c(Cl)ccc(F)c2Cl)C1. The number of hydrogen-bond donors (Lipinski definition) is 4. The lowest BCUT2D eigenvalue weighted by molar-refractivity contribution is 0.231. The van der Waals surface area contributed by atoms with Crippen molar-refractivity contribution in [2.75, 3.05) is 33.2 Å². The number of nitrogens with one attached hydrogen (secondary N) is 3. The molecule has 0 amide bonds. The Morgan fingerprint density at radius 2 is 2.03 bits per heavy atom. The van der Waals surface area contributed by atoms with E-state index in [2.05, 4.69) is 9.89 Å². The molecule has 5 N–H and O–H groups in total. The number of halogens is 3. The van der Waals surface area contributed by atoms with E-state index in [9.17, 15) is 4.39 Å². The van der Waals surface area contributed by atoms with Crippen molar-refractivity contribution in [1.29, 1.82) is 16.2 Å². The van der Waals surface area contributed by atoms with Gasteiger partial charge in [-0.2, -0.15) is 0 Å². The van der Waals surface area contributed by atoms with Gasteiger partial charge in [0.2, 0.25) is 5.90 Å². The molecule has 0 saturated carbocycles. The highest BCUT2D eigenvalue weighted by Crippen LogP contribution is 2.29. The molecule has 2 aliphatic rings. The Labute approximate surface area is 190 Å². The van der Waals surface area contributed by atoms with Crippen LogP contribution in [-0.2, 0) is 11.3 Å². The molecule has 168 valence electrons. The Hall–Kier alpha value is -2.07. The Kier molecular flexibility index (Phi) is 7.64. The van der Waals surface area contributed by atoms with Crippen LogP contribution in [-0.4, -0.2) is 72.4 Å². The van der Waals surface area contributed by atoms with E-state index in [0.717, 1.165) is 13.0 Å². The molecule has 0 radical (unpaired) electrons. The number of likely N-dealkylation sites (tertiary alicyclic amines) is 1. The molecule has 0 spiro atoms. The summed E-state index contributed by atoms with van der Waals surface area (Å²) in [7, 11) is 1.97. The molecule has 11 heteroatoms. The van der Waals surface area contributed by atoms with Crippen LogP contribution in [0.1, 0.15) is 18.4 Å². The fourth-order valence-electron chi connectivity index (χ4n) is 3.79. The van der Waals surface area contributed by atoms with Gasteiger partial charge in [0, 0.05) is 42.6 Å². The molecule has 1 aromatic rings. The number of benzene rings is 1. The number of hydrogen-bond acceptors (Lipinski definition) is 8. The maximum absolute atomic E-state index is 13.9. The average molecular weight is 470 g/mol. The zero-order valence-corrected chi connectivity index (χ0v) is 18.7. The minimum atomic E-state index is -0.560. The van der Waals surface area contributed by atoms with E-state index in [1.165, 1.54) is 12.1 Å². The van der Waals surface area contributed by atoms with Crippen LogP contribution in [0, 0.1) is 28.0 Å². The van der Waals surface area contributed by atoms with Crippen LogP contribution in [0.15, 0.2) is 17.1 Å². The van der Waals surface area contributed by atoms with Crippen LogP contribution in [0.4, 0.5) is 4.39 Å². The van der Waals surface area contributed by atoms with Gasteiger partial charge in [-0.15, -0.1) is 0 Å². The molecule has 1 fully saturated rings. The molecule has 2 heterocycles. The highest BCUT2D eigenvalue weighted by molar-refractivity contribution is 6.38. The molecule has 0 aromatic heterocycles. The van der Waals surface area contributed by atoms with E-state index in [1.807, 2.05) is 11.9 Å². The lowest BCUT2D eigenvalue weighted by atomic mass is 10.0.